The molecule has 0 spiro atoms. The standard InChI is InChI=1S/C18H27N3O2/c1-4-23-15-8-13-7-14-10-19-9-11(2)21(14)18(13)20-16(15)17(22-3)12-5-6-12/h8,11-12,14,17,19H,4-7,9-10H2,1-3H3/t11-,14-,17?/m1/s1. The van der Waals surface area contributed by atoms with Gasteiger partial charge in [-0.3, -0.25) is 0 Å². The average Bonchev–Trinajstić information content (AvgIpc) is 3.29. The highest BCUT2D eigenvalue weighted by molar-refractivity contribution is 5.59. The number of piperazine rings is 1. The van der Waals surface area contributed by atoms with Crippen LogP contribution in [-0.2, 0) is 11.2 Å². The zero-order chi connectivity index (χ0) is 16.0. The first-order valence-electron chi connectivity index (χ1n) is 8.91. The molecule has 1 saturated carbocycles. The van der Waals surface area contributed by atoms with Crippen molar-refractivity contribution >= 4 is 5.82 Å². The van der Waals surface area contributed by atoms with E-state index >= 15 is 0 Å². The summed E-state index contributed by atoms with van der Waals surface area (Å²) in [7, 11) is 1.80. The molecule has 1 aromatic rings. The maximum Gasteiger partial charge on any atom is 0.143 e. The Kier molecular flexibility index (Phi) is 3.93. The third kappa shape index (κ3) is 2.60. The number of methoxy groups -OCH3 is 1. The first-order chi connectivity index (χ1) is 11.2. The molecule has 126 valence electrons. The van der Waals surface area contributed by atoms with Crippen molar-refractivity contribution in [1.82, 2.24) is 10.3 Å². The molecule has 1 aliphatic carbocycles. The predicted molar refractivity (Wildman–Crippen MR) is 90.2 cm³/mol. The van der Waals surface area contributed by atoms with E-state index in [0.717, 1.165) is 36.8 Å². The molecule has 1 unspecified atom stereocenters. The van der Waals surface area contributed by atoms with Crippen LogP contribution in [0.3, 0.4) is 0 Å². The van der Waals surface area contributed by atoms with Crippen LogP contribution in [-0.4, -0.2) is 43.9 Å². The van der Waals surface area contributed by atoms with E-state index in [1.807, 2.05) is 6.92 Å². The molecule has 2 fully saturated rings. The lowest BCUT2D eigenvalue weighted by Gasteiger charge is -2.38. The molecule has 23 heavy (non-hydrogen) atoms. The molecule has 0 amide bonds. The molecule has 1 saturated heterocycles. The molecule has 0 radical (unpaired) electrons. The Morgan fingerprint density at radius 3 is 2.91 bits per heavy atom. The van der Waals surface area contributed by atoms with Gasteiger partial charge in [-0.15, -0.1) is 0 Å². The van der Waals surface area contributed by atoms with E-state index < -0.39 is 0 Å². The quantitative estimate of drug-likeness (QED) is 0.903. The zero-order valence-corrected chi connectivity index (χ0v) is 14.3. The Morgan fingerprint density at radius 2 is 2.22 bits per heavy atom. The molecular formula is C18H27N3O2. The maximum atomic E-state index is 5.93. The number of anilines is 1. The van der Waals surface area contributed by atoms with Gasteiger partial charge >= 0.3 is 0 Å². The topological polar surface area (TPSA) is 46.6 Å². The van der Waals surface area contributed by atoms with Crippen molar-refractivity contribution in [2.45, 2.75) is 51.3 Å². The highest BCUT2D eigenvalue weighted by atomic mass is 16.5. The van der Waals surface area contributed by atoms with Crippen LogP contribution in [0.4, 0.5) is 5.82 Å². The molecule has 5 heteroatoms. The van der Waals surface area contributed by atoms with Crippen molar-refractivity contribution in [3.8, 4) is 5.75 Å². The fraction of sp³-hybridized carbons (Fsp3) is 0.722. The predicted octanol–water partition coefficient (Wildman–Crippen LogP) is 2.30. The van der Waals surface area contributed by atoms with Crippen molar-refractivity contribution in [3.05, 3.63) is 17.3 Å². The number of ether oxygens (including phenoxy) is 2. The van der Waals surface area contributed by atoms with Gasteiger partial charge in [0.1, 0.15) is 23.4 Å². The average molecular weight is 317 g/mol. The number of aromatic nitrogens is 1. The van der Waals surface area contributed by atoms with Crippen molar-refractivity contribution in [1.29, 1.82) is 0 Å². The number of rotatable bonds is 5. The summed E-state index contributed by atoms with van der Waals surface area (Å²) in [6.07, 6.45) is 3.59. The van der Waals surface area contributed by atoms with E-state index in [9.17, 15) is 0 Å². The fourth-order valence-electron chi connectivity index (χ4n) is 4.13. The van der Waals surface area contributed by atoms with Crippen LogP contribution < -0.4 is 15.0 Å². The van der Waals surface area contributed by atoms with E-state index in [4.69, 9.17) is 14.5 Å². The lowest BCUT2D eigenvalue weighted by Crippen LogP contribution is -2.55. The summed E-state index contributed by atoms with van der Waals surface area (Å²) in [5.41, 5.74) is 2.32. The minimum absolute atomic E-state index is 0.0686. The monoisotopic (exact) mass is 317 g/mol. The second kappa shape index (κ2) is 5.95. The molecule has 4 rings (SSSR count). The second-order valence-electron chi connectivity index (χ2n) is 7.05. The lowest BCUT2D eigenvalue weighted by atomic mass is 10.1. The maximum absolute atomic E-state index is 5.93. The molecule has 3 heterocycles. The van der Waals surface area contributed by atoms with Crippen LogP contribution in [0, 0.1) is 5.92 Å². The number of nitrogens with zero attached hydrogens (tertiary/aromatic N) is 2. The fourth-order valence-corrected chi connectivity index (χ4v) is 4.13. The molecule has 3 aliphatic rings. The van der Waals surface area contributed by atoms with Crippen LogP contribution in [0.15, 0.2) is 6.07 Å². The van der Waals surface area contributed by atoms with Crippen molar-refractivity contribution in [2.75, 3.05) is 31.7 Å². The molecular weight excluding hydrogens is 290 g/mol. The summed E-state index contributed by atoms with van der Waals surface area (Å²) >= 11 is 0. The third-order valence-electron chi connectivity index (χ3n) is 5.33. The van der Waals surface area contributed by atoms with E-state index in [2.05, 4.69) is 23.2 Å². The number of pyridine rings is 1. The van der Waals surface area contributed by atoms with Crippen LogP contribution in [0.5, 0.6) is 5.75 Å². The largest absolute Gasteiger partial charge is 0.492 e. The number of fused-ring (bicyclic) bond motifs is 3. The minimum atomic E-state index is 0.0686. The van der Waals surface area contributed by atoms with Crippen LogP contribution >= 0.6 is 0 Å². The molecule has 0 bridgehead atoms. The Labute approximate surface area is 138 Å². The van der Waals surface area contributed by atoms with Crippen molar-refractivity contribution in [3.63, 3.8) is 0 Å². The lowest BCUT2D eigenvalue weighted by molar-refractivity contribution is 0.0780. The summed E-state index contributed by atoms with van der Waals surface area (Å²) in [6.45, 7) is 7.04. The highest BCUT2D eigenvalue weighted by Gasteiger charge is 2.40. The van der Waals surface area contributed by atoms with Gasteiger partial charge in [-0.2, -0.15) is 0 Å². The zero-order valence-electron chi connectivity index (χ0n) is 14.3. The third-order valence-corrected chi connectivity index (χ3v) is 5.33. The minimum Gasteiger partial charge on any atom is -0.492 e. The van der Waals surface area contributed by atoms with Crippen LogP contribution in [0.25, 0.3) is 0 Å². The molecule has 2 aliphatic heterocycles. The van der Waals surface area contributed by atoms with Gasteiger partial charge in [-0.05, 0) is 45.1 Å². The molecule has 3 atom stereocenters. The Bertz CT molecular complexity index is 588. The number of hydrogen-bond donors (Lipinski definition) is 1. The van der Waals surface area contributed by atoms with Gasteiger partial charge < -0.3 is 19.7 Å². The second-order valence-corrected chi connectivity index (χ2v) is 7.05. The van der Waals surface area contributed by atoms with E-state index in [1.54, 1.807) is 7.11 Å². The summed E-state index contributed by atoms with van der Waals surface area (Å²) in [6, 6.07) is 3.23. The number of hydrogen-bond acceptors (Lipinski definition) is 5. The Morgan fingerprint density at radius 1 is 1.39 bits per heavy atom. The van der Waals surface area contributed by atoms with Gasteiger partial charge in [-0.1, -0.05) is 0 Å². The first-order valence-corrected chi connectivity index (χ1v) is 8.91. The summed E-state index contributed by atoms with van der Waals surface area (Å²) in [5.74, 6) is 2.68. The Balaban J connectivity index is 1.75. The molecule has 5 nitrogen and oxygen atoms in total. The van der Waals surface area contributed by atoms with Gasteiger partial charge in [0.15, 0.2) is 0 Å². The van der Waals surface area contributed by atoms with E-state index in [1.165, 1.54) is 18.4 Å². The van der Waals surface area contributed by atoms with Gasteiger partial charge in [0, 0.05) is 37.8 Å². The van der Waals surface area contributed by atoms with Crippen LogP contribution in [0.2, 0.25) is 0 Å². The molecule has 1 aromatic heterocycles. The summed E-state index contributed by atoms with van der Waals surface area (Å²) in [5, 5.41) is 3.53. The summed E-state index contributed by atoms with van der Waals surface area (Å²) < 4.78 is 11.7. The van der Waals surface area contributed by atoms with Gasteiger partial charge in [0.2, 0.25) is 0 Å². The molecule has 0 aromatic carbocycles. The van der Waals surface area contributed by atoms with Gasteiger partial charge in [0.25, 0.3) is 0 Å². The highest BCUT2D eigenvalue weighted by Crippen LogP contribution is 2.47. The molecule has 1 N–H and O–H groups in total. The van der Waals surface area contributed by atoms with E-state index in [0.29, 0.717) is 24.6 Å². The smallest absolute Gasteiger partial charge is 0.143 e. The summed E-state index contributed by atoms with van der Waals surface area (Å²) in [4.78, 5) is 7.59. The Hall–Kier alpha value is -1.33. The van der Waals surface area contributed by atoms with Gasteiger partial charge in [-0.25, -0.2) is 4.98 Å². The van der Waals surface area contributed by atoms with Gasteiger partial charge in [0.05, 0.1) is 6.61 Å². The normalized spacial score (nSPS) is 27.5. The van der Waals surface area contributed by atoms with E-state index in [-0.39, 0.29) is 6.10 Å². The first kappa shape index (κ1) is 15.2. The van der Waals surface area contributed by atoms with Crippen molar-refractivity contribution in [2.24, 2.45) is 5.92 Å². The SMILES string of the molecule is CCOc1cc2c(nc1C(OC)C1CC1)N1[C@@H](CNC[C@H]1C)C2. The van der Waals surface area contributed by atoms with Crippen LogP contribution in [0.1, 0.15) is 44.1 Å². The number of nitrogens with one attached hydrogen (secondary N) is 1. The van der Waals surface area contributed by atoms with Crippen molar-refractivity contribution < 1.29 is 9.47 Å².